The zero-order valence-corrected chi connectivity index (χ0v) is 12.2. The number of aromatic nitrogens is 3. The fourth-order valence-electron chi connectivity index (χ4n) is 2.51. The molecule has 0 saturated heterocycles. The number of nitrogens with zero attached hydrogens (tertiary/aromatic N) is 3. The molecular weight excluding hydrogens is 310 g/mol. The average molecular weight is 324 g/mol. The SMILES string of the molecule is CCOC(=O)C1(c2nnc3ccc(Br)cn23)CCC1. The molecule has 0 radical (unpaired) electrons. The van der Waals surface area contributed by atoms with Crippen molar-refractivity contribution >= 4 is 27.5 Å². The van der Waals surface area contributed by atoms with Gasteiger partial charge in [-0.25, -0.2) is 0 Å². The van der Waals surface area contributed by atoms with Gasteiger partial charge in [0, 0.05) is 10.7 Å². The Hall–Kier alpha value is -1.43. The van der Waals surface area contributed by atoms with Crippen LogP contribution >= 0.6 is 15.9 Å². The molecule has 19 heavy (non-hydrogen) atoms. The summed E-state index contributed by atoms with van der Waals surface area (Å²) >= 11 is 3.43. The molecule has 5 nitrogen and oxygen atoms in total. The van der Waals surface area contributed by atoms with Crippen LogP contribution < -0.4 is 0 Å². The van der Waals surface area contributed by atoms with Crippen LogP contribution in [0.1, 0.15) is 32.0 Å². The predicted octanol–water partition coefficient (Wildman–Crippen LogP) is 2.48. The van der Waals surface area contributed by atoms with Crippen LogP contribution in [0.5, 0.6) is 0 Å². The zero-order chi connectivity index (χ0) is 13.5. The van der Waals surface area contributed by atoms with E-state index in [4.69, 9.17) is 4.74 Å². The van der Waals surface area contributed by atoms with Gasteiger partial charge in [0.1, 0.15) is 5.41 Å². The second kappa shape index (κ2) is 4.59. The average Bonchev–Trinajstić information content (AvgIpc) is 2.72. The standard InChI is InChI=1S/C13H14BrN3O2/c1-2-19-12(18)13(6-3-7-13)11-16-15-10-5-4-9(14)8-17(10)11/h4-5,8H,2-3,6-7H2,1H3. The maximum atomic E-state index is 12.3. The van der Waals surface area contributed by atoms with Crippen molar-refractivity contribution in [2.45, 2.75) is 31.6 Å². The zero-order valence-electron chi connectivity index (χ0n) is 10.6. The van der Waals surface area contributed by atoms with E-state index >= 15 is 0 Å². The molecule has 0 atom stereocenters. The maximum Gasteiger partial charge on any atom is 0.319 e. The fraction of sp³-hybridized carbons (Fsp3) is 0.462. The molecule has 0 spiro atoms. The van der Waals surface area contributed by atoms with Gasteiger partial charge < -0.3 is 4.74 Å². The minimum atomic E-state index is -0.615. The number of halogens is 1. The van der Waals surface area contributed by atoms with Crippen molar-refractivity contribution in [1.29, 1.82) is 0 Å². The Balaban J connectivity index is 2.11. The molecule has 0 unspecified atom stereocenters. The van der Waals surface area contributed by atoms with Crippen molar-refractivity contribution in [2.24, 2.45) is 0 Å². The van der Waals surface area contributed by atoms with E-state index in [2.05, 4.69) is 26.1 Å². The van der Waals surface area contributed by atoms with Crippen LogP contribution in [-0.2, 0) is 14.9 Å². The van der Waals surface area contributed by atoms with Crippen LogP contribution in [0.15, 0.2) is 22.8 Å². The molecule has 1 fully saturated rings. The number of pyridine rings is 1. The number of esters is 1. The van der Waals surface area contributed by atoms with Gasteiger partial charge in [-0.2, -0.15) is 0 Å². The number of fused-ring (bicyclic) bond motifs is 1. The molecule has 6 heteroatoms. The molecule has 2 heterocycles. The molecule has 100 valence electrons. The third-order valence-corrected chi connectivity index (χ3v) is 4.14. The van der Waals surface area contributed by atoms with Crippen molar-refractivity contribution in [2.75, 3.05) is 6.61 Å². The van der Waals surface area contributed by atoms with Crippen LogP contribution in [0.4, 0.5) is 0 Å². The number of ether oxygens (including phenoxy) is 1. The lowest BCUT2D eigenvalue weighted by Crippen LogP contribution is -2.45. The molecular formula is C13H14BrN3O2. The van der Waals surface area contributed by atoms with Crippen LogP contribution in [0.25, 0.3) is 5.65 Å². The van der Waals surface area contributed by atoms with E-state index in [0.717, 1.165) is 29.4 Å². The maximum absolute atomic E-state index is 12.3. The molecule has 0 amide bonds. The predicted molar refractivity (Wildman–Crippen MR) is 72.8 cm³/mol. The third-order valence-electron chi connectivity index (χ3n) is 3.67. The van der Waals surface area contributed by atoms with E-state index in [1.165, 1.54) is 0 Å². The Kier molecular flexibility index (Phi) is 3.05. The number of hydrogen-bond donors (Lipinski definition) is 0. The molecule has 0 aliphatic heterocycles. The van der Waals surface area contributed by atoms with E-state index in [1.807, 2.05) is 29.7 Å². The summed E-state index contributed by atoms with van der Waals surface area (Å²) in [6.07, 6.45) is 4.46. The smallest absolute Gasteiger partial charge is 0.319 e. The molecule has 1 saturated carbocycles. The minimum Gasteiger partial charge on any atom is -0.465 e. The quantitative estimate of drug-likeness (QED) is 0.814. The first-order valence-corrected chi connectivity index (χ1v) is 7.15. The molecule has 3 rings (SSSR count). The van der Waals surface area contributed by atoms with Gasteiger partial charge in [-0.15, -0.1) is 10.2 Å². The third kappa shape index (κ3) is 1.85. The van der Waals surface area contributed by atoms with E-state index < -0.39 is 5.41 Å². The van der Waals surface area contributed by atoms with Gasteiger partial charge in [0.15, 0.2) is 11.5 Å². The van der Waals surface area contributed by atoms with Crippen molar-refractivity contribution in [3.8, 4) is 0 Å². The number of hydrogen-bond acceptors (Lipinski definition) is 4. The minimum absolute atomic E-state index is 0.185. The highest BCUT2D eigenvalue weighted by Gasteiger charge is 2.50. The lowest BCUT2D eigenvalue weighted by Gasteiger charge is -2.37. The molecule has 1 aliphatic rings. The monoisotopic (exact) mass is 323 g/mol. The molecule has 2 aromatic heterocycles. The molecule has 0 aromatic carbocycles. The van der Waals surface area contributed by atoms with Gasteiger partial charge in [-0.3, -0.25) is 9.20 Å². The second-order valence-corrected chi connectivity index (χ2v) is 5.67. The summed E-state index contributed by atoms with van der Waals surface area (Å²) in [6, 6.07) is 3.78. The summed E-state index contributed by atoms with van der Waals surface area (Å²) in [5.74, 6) is 0.504. The Labute approximate surface area is 119 Å². The molecule has 1 aliphatic carbocycles. The van der Waals surface area contributed by atoms with Crippen molar-refractivity contribution in [3.05, 3.63) is 28.6 Å². The highest BCUT2D eigenvalue weighted by Crippen LogP contribution is 2.44. The van der Waals surface area contributed by atoms with Gasteiger partial charge in [-0.1, -0.05) is 6.42 Å². The van der Waals surface area contributed by atoms with Crippen LogP contribution in [0.2, 0.25) is 0 Å². The molecule has 0 bridgehead atoms. The van der Waals surface area contributed by atoms with Gasteiger partial charge in [0.2, 0.25) is 0 Å². The van der Waals surface area contributed by atoms with Gasteiger partial charge in [0.25, 0.3) is 0 Å². The first-order valence-electron chi connectivity index (χ1n) is 6.35. The number of carbonyl (C=O) groups is 1. The Morgan fingerprint density at radius 3 is 2.89 bits per heavy atom. The van der Waals surface area contributed by atoms with Gasteiger partial charge in [-0.05, 0) is 47.8 Å². The lowest BCUT2D eigenvalue weighted by atomic mass is 9.68. The Morgan fingerprint density at radius 2 is 2.26 bits per heavy atom. The van der Waals surface area contributed by atoms with Crippen molar-refractivity contribution in [1.82, 2.24) is 14.6 Å². The largest absolute Gasteiger partial charge is 0.465 e. The van der Waals surface area contributed by atoms with Gasteiger partial charge >= 0.3 is 5.97 Å². The number of carbonyl (C=O) groups excluding carboxylic acids is 1. The topological polar surface area (TPSA) is 56.5 Å². The van der Waals surface area contributed by atoms with Crippen LogP contribution in [-0.4, -0.2) is 27.2 Å². The van der Waals surface area contributed by atoms with E-state index in [0.29, 0.717) is 12.4 Å². The Morgan fingerprint density at radius 1 is 1.47 bits per heavy atom. The van der Waals surface area contributed by atoms with Gasteiger partial charge in [0.05, 0.1) is 6.61 Å². The molecule has 0 N–H and O–H groups in total. The summed E-state index contributed by atoms with van der Waals surface area (Å²) in [5, 5.41) is 8.36. The summed E-state index contributed by atoms with van der Waals surface area (Å²) in [6.45, 7) is 2.21. The lowest BCUT2D eigenvalue weighted by molar-refractivity contribution is -0.154. The first-order chi connectivity index (χ1) is 9.17. The second-order valence-electron chi connectivity index (χ2n) is 4.76. The molecule has 2 aromatic rings. The van der Waals surface area contributed by atoms with E-state index in [-0.39, 0.29) is 5.97 Å². The Bertz CT molecular complexity index is 634. The van der Waals surface area contributed by atoms with E-state index in [9.17, 15) is 4.79 Å². The summed E-state index contributed by atoms with van der Waals surface area (Å²) in [5.41, 5.74) is 0.129. The highest BCUT2D eigenvalue weighted by molar-refractivity contribution is 9.10. The summed E-state index contributed by atoms with van der Waals surface area (Å²) in [7, 11) is 0. The highest BCUT2D eigenvalue weighted by atomic mass is 79.9. The summed E-state index contributed by atoms with van der Waals surface area (Å²) < 4.78 is 8.03. The normalized spacial score (nSPS) is 17.2. The van der Waals surface area contributed by atoms with Crippen LogP contribution in [0.3, 0.4) is 0 Å². The van der Waals surface area contributed by atoms with Crippen molar-refractivity contribution in [3.63, 3.8) is 0 Å². The van der Waals surface area contributed by atoms with Crippen molar-refractivity contribution < 1.29 is 9.53 Å². The number of rotatable bonds is 3. The first kappa shape index (κ1) is 12.6. The fourth-order valence-corrected chi connectivity index (χ4v) is 2.85. The van der Waals surface area contributed by atoms with E-state index in [1.54, 1.807) is 0 Å². The van der Waals surface area contributed by atoms with Crippen LogP contribution in [0, 0.1) is 0 Å². The summed E-state index contributed by atoms with van der Waals surface area (Å²) in [4.78, 5) is 12.3.